The third-order valence-electron chi connectivity index (χ3n) is 2.27. The van der Waals surface area contributed by atoms with Crippen LogP contribution < -0.4 is 0 Å². The predicted molar refractivity (Wildman–Crippen MR) is 63.3 cm³/mol. The Kier molecular flexibility index (Phi) is 2.80. The summed E-state index contributed by atoms with van der Waals surface area (Å²) in [6.07, 6.45) is 0. The first kappa shape index (κ1) is 10.5. The van der Waals surface area contributed by atoms with Crippen LogP contribution in [0.4, 0.5) is 0 Å². The maximum Gasteiger partial charge on any atom is 0.116 e. The van der Waals surface area contributed by atoms with Gasteiger partial charge in [-0.25, -0.2) is 0 Å². The topological polar surface area (TPSA) is 44.0 Å². The van der Waals surface area contributed by atoms with Crippen molar-refractivity contribution in [1.82, 2.24) is 0 Å². The summed E-state index contributed by atoms with van der Waals surface area (Å²) in [5, 5.41) is 18.7. The molecule has 0 aliphatic rings. The van der Waals surface area contributed by atoms with E-state index in [4.69, 9.17) is 16.9 Å². The fraction of sp³-hybridized carbons (Fsp3) is 0. The number of aromatic hydroxyl groups is 1. The van der Waals surface area contributed by atoms with Gasteiger partial charge in [-0.05, 0) is 35.4 Å². The summed E-state index contributed by atoms with van der Waals surface area (Å²) >= 11 is 5.84. The molecule has 0 aromatic heterocycles. The molecule has 0 spiro atoms. The van der Waals surface area contributed by atoms with E-state index in [2.05, 4.69) is 0 Å². The molecule has 0 fully saturated rings. The van der Waals surface area contributed by atoms with Gasteiger partial charge in [0.05, 0.1) is 10.6 Å². The lowest BCUT2D eigenvalue weighted by Crippen LogP contribution is -1.81. The van der Waals surface area contributed by atoms with Crippen LogP contribution >= 0.6 is 11.6 Å². The zero-order valence-corrected chi connectivity index (χ0v) is 9.07. The molecule has 2 rings (SSSR count). The Balaban J connectivity index is 2.54. The number of phenols is 1. The Labute approximate surface area is 98.3 Å². The average Bonchev–Trinajstić information content (AvgIpc) is 2.29. The average molecular weight is 230 g/mol. The quantitative estimate of drug-likeness (QED) is 0.812. The van der Waals surface area contributed by atoms with Crippen molar-refractivity contribution in [3.05, 3.63) is 53.1 Å². The largest absolute Gasteiger partial charge is 0.508 e. The molecular weight excluding hydrogens is 222 g/mol. The number of rotatable bonds is 1. The fourth-order valence-electron chi connectivity index (χ4n) is 1.48. The number of phenolic OH excluding ortho intramolecular Hbond substituents is 1. The van der Waals surface area contributed by atoms with Gasteiger partial charge in [0.1, 0.15) is 11.8 Å². The maximum absolute atomic E-state index is 9.36. The summed E-state index contributed by atoms with van der Waals surface area (Å²) in [6, 6.07) is 14.1. The highest BCUT2D eigenvalue weighted by Crippen LogP contribution is 2.26. The van der Waals surface area contributed by atoms with E-state index in [0.717, 1.165) is 11.1 Å². The summed E-state index contributed by atoms with van der Waals surface area (Å²) < 4.78 is 0. The molecule has 0 bridgehead atoms. The highest BCUT2D eigenvalue weighted by molar-refractivity contribution is 6.31. The fourth-order valence-corrected chi connectivity index (χ4v) is 1.64. The molecule has 0 radical (unpaired) electrons. The molecule has 0 saturated carbocycles. The van der Waals surface area contributed by atoms with Crippen molar-refractivity contribution in [2.45, 2.75) is 0 Å². The lowest BCUT2D eigenvalue weighted by molar-refractivity contribution is 0.475. The SMILES string of the molecule is N#Cc1cc(-c2cccc(O)c2)ccc1Cl. The van der Waals surface area contributed by atoms with Gasteiger partial charge in [0.2, 0.25) is 0 Å². The minimum Gasteiger partial charge on any atom is -0.508 e. The summed E-state index contributed by atoms with van der Waals surface area (Å²) in [6.45, 7) is 0. The molecule has 1 N–H and O–H groups in total. The van der Waals surface area contributed by atoms with Gasteiger partial charge in [0, 0.05) is 0 Å². The number of nitriles is 1. The second kappa shape index (κ2) is 4.26. The molecular formula is C13H8ClNO. The van der Waals surface area contributed by atoms with Crippen LogP contribution in [-0.2, 0) is 0 Å². The third-order valence-corrected chi connectivity index (χ3v) is 2.60. The van der Waals surface area contributed by atoms with Crippen LogP contribution in [0, 0.1) is 11.3 Å². The molecule has 0 heterocycles. The first-order valence-corrected chi connectivity index (χ1v) is 5.07. The summed E-state index contributed by atoms with van der Waals surface area (Å²) in [4.78, 5) is 0. The van der Waals surface area contributed by atoms with Crippen molar-refractivity contribution in [3.63, 3.8) is 0 Å². The Morgan fingerprint density at radius 3 is 2.50 bits per heavy atom. The summed E-state index contributed by atoms with van der Waals surface area (Å²) in [5.74, 6) is 0.200. The maximum atomic E-state index is 9.36. The van der Waals surface area contributed by atoms with E-state index in [0.29, 0.717) is 10.6 Å². The number of hydrogen-bond acceptors (Lipinski definition) is 2. The van der Waals surface area contributed by atoms with E-state index in [1.807, 2.05) is 18.2 Å². The molecule has 0 amide bonds. The second-order valence-electron chi connectivity index (χ2n) is 3.36. The zero-order valence-electron chi connectivity index (χ0n) is 8.31. The molecule has 0 unspecified atom stereocenters. The van der Waals surface area contributed by atoms with E-state index in [-0.39, 0.29) is 5.75 Å². The van der Waals surface area contributed by atoms with Crippen LogP contribution in [0.15, 0.2) is 42.5 Å². The van der Waals surface area contributed by atoms with E-state index in [1.54, 1.807) is 30.3 Å². The van der Waals surface area contributed by atoms with Gasteiger partial charge < -0.3 is 5.11 Å². The van der Waals surface area contributed by atoms with E-state index in [1.165, 1.54) is 0 Å². The number of halogens is 1. The Bertz CT molecular complexity index is 572. The van der Waals surface area contributed by atoms with Crippen molar-refractivity contribution in [3.8, 4) is 22.9 Å². The van der Waals surface area contributed by atoms with Gasteiger partial charge in [-0.3, -0.25) is 0 Å². The number of hydrogen-bond donors (Lipinski definition) is 1. The Hall–Kier alpha value is -1.98. The van der Waals surface area contributed by atoms with E-state index < -0.39 is 0 Å². The van der Waals surface area contributed by atoms with Gasteiger partial charge in [-0.1, -0.05) is 29.8 Å². The third kappa shape index (κ3) is 2.00. The second-order valence-corrected chi connectivity index (χ2v) is 3.76. The van der Waals surface area contributed by atoms with E-state index in [9.17, 15) is 5.11 Å². The molecule has 3 heteroatoms. The highest BCUT2D eigenvalue weighted by atomic mass is 35.5. The smallest absolute Gasteiger partial charge is 0.116 e. The van der Waals surface area contributed by atoms with Gasteiger partial charge in [-0.2, -0.15) is 5.26 Å². The highest BCUT2D eigenvalue weighted by Gasteiger charge is 2.03. The van der Waals surface area contributed by atoms with E-state index >= 15 is 0 Å². The Morgan fingerprint density at radius 1 is 1.06 bits per heavy atom. The molecule has 2 aromatic rings. The summed E-state index contributed by atoms with van der Waals surface area (Å²) in [7, 11) is 0. The number of benzene rings is 2. The monoisotopic (exact) mass is 229 g/mol. The van der Waals surface area contributed by atoms with Crippen molar-refractivity contribution >= 4 is 11.6 Å². The summed E-state index contributed by atoms with van der Waals surface area (Å²) in [5.41, 5.74) is 2.15. The van der Waals surface area contributed by atoms with Gasteiger partial charge >= 0.3 is 0 Å². The van der Waals surface area contributed by atoms with Crippen LogP contribution in [0.2, 0.25) is 5.02 Å². The molecule has 0 atom stereocenters. The van der Waals surface area contributed by atoms with Gasteiger partial charge in [0.15, 0.2) is 0 Å². The molecule has 2 aromatic carbocycles. The van der Waals surface area contributed by atoms with Crippen LogP contribution in [0.5, 0.6) is 5.75 Å². The van der Waals surface area contributed by atoms with Gasteiger partial charge in [-0.15, -0.1) is 0 Å². The van der Waals surface area contributed by atoms with Crippen LogP contribution in [0.25, 0.3) is 11.1 Å². The molecule has 78 valence electrons. The minimum absolute atomic E-state index is 0.200. The van der Waals surface area contributed by atoms with Crippen molar-refractivity contribution in [2.24, 2.45) is 0 Å². The van der Waals surface area contributed by atoms with Crippen molar-refractivity contribution < 1.29 is 5.11 Å². The predicted octanol–water partition coefficient (Wildman–Crippen LogP) is 3.58. The number of nitrogens with zero attached hydrogens (tertiary/aromatic N) is 1. The molecule has 16 heavy (non-hydrogen) atoms. The first-order valence-electron chi connectivity index (χ1n) is 4.70. The van der Waals surface area contributed by atoms with Crippen LogP contribution in [0.1, 0.15) is 5.56 Å². The minimum atomic E-state index is 0.200. The molecule has 0 aliphatic heterocycles. The first-order chi connectivity index (χ1) is 7.70. The lowest BCUT2D eigenvalue weighted by Gasteiger charge is -2.03. The van der Waals surface area contributed by atoms with Gasteiger partial charge in [0.25, 0.3) is 0 Å². The Morgan fingerprint density at radius 2 is 1.81 bits per heavy atom. The van der Waals surface area contributed by atoms with Crippen LogP contribution in [-0.4, -0.2) is 5.11 Å². The normalized spacial score (nSPS) is 9.75. The van der Waals surface area contributed by atoms with Crippen molar-refractivity contribution in [2.75, 3.05) is 0 Å². The van der Waals surface area contributed by atoms with Crippen LogP contribution in [0.3, 0.4) is 0 Å². The molecule has 0 saturated heterocycles. The molecule has 2 nitrogen and oxygen atoms in total. The zero-order chi connectivity index (χ0) is 11.5. The van der Waals surface area contributed by atoms with Crippen molar-refractivity contribution in [1.29, 1.82) is 5.26 Å². The standard InChI is InChI=1S/C13H8ClNO/c14-13-5-4-10(6-11(13)8-15)9-2-1-3-12(16)7-9/h1-7,16H. The lowest BCUT2D eigenvalue weighted by atomic mass is 10.0. The molecule has 0 aliphatic carbocycles.